The molecule has 0 spiro atoms. The third-order valence-electron chi connectivity index (χ3n) is 8.07. The molecule has 11 heteroatoms. The number of benzene rings is 3. The van der Waals surface area contributed by atoms with Gasteiger partial charge in [-0.2, -0.15) is 18.8 Å². The van der Waals surface area contributed by atoms with Gasteiger partial charge in [0.25, 0.3) is 11.8 Å². The summed E-state index contributed by atoms with van der Waals surface area (Å²) in [5.74, 6) is -3.98. The lowest BCUT2D eigenvalue weighted by Crippen LogP contribution is -2.46. The molecule has 44 heavy (non-hydrogen) atoms. The zero-order valence-electron chi connectivity index (χ0n) is 24.5. The first-order valence-electron chi connectivity index (χ1n) is 14.8. The summed E-state index contributed by atoms with van der Waals surface area (Å²) < 4.78 is 35.6. The molecule has 0 unspecified atom stereocenters. The predicted octanol–water partition coefficient (Wildman–Crippen LogP) is 5.84. The molecule has 1 aromatic heterocycles. The number of aromatic nitrogens is 2. The predicted molar refractivity (Wildman–Crippen MR) is 159 cm³/mol. The molecular formula is C33H34F2N4O5. The van der Waals surface area contributed by atoms with Crippen LogP contribution in [0.3, 0.4) is 0 Å². The van der Waals surface area contributed by atoms with Crippen LogP contribution >= 0.6 is 0 Å². The normalized spacial score (nSPS) is 16.5. The maximum Gasteiger partial charge on any atom is 0.321 e. The number of carbonyl (C=O) groups excluding carboxylic acids is 2. The molecule has 3 aromatic carbocycles. The van der Waals surface area contributed by atoms with Crippen molar-refractivity contribution in [1.82, 2.24) is 20.4 Å². The van der Waals surface area contributed by atoms with E-state index in [-0.39, 0.29) is 11.9 Å². The SMILES string of the molecule is C[C@H](NC(=O)C(C)(F)F)[C@@H](Oc1ccc2c(cnn2-c2cccc(C(=O)NC3CCCC3)c2)c1)c1ccc2c(c1)CCOO2. The third-order valence-corrected chi connectivity index (χ3v) is 8.07. The summed E-state index contributed by atoms with van der Waals surface area (Å²) in [7, 11) is 0. The van der Waals surface area contributed by atoms with Crippen LogP contribution in [0.4, 0.5) is 8.78 Å². The Balaban J connectivity index is 1.26. The van der Waals surface area contributed by atoms with Crippen LogP contribution < -0.4 is 20.3 Å². The number of alkyl halides is 2. The van der Waals surface area contributed by atoms with Gasteiger partial charge in [0, 0.05) is 35.9 Å². The van der Waals surface area contributed by atoms with E-state index in [2.05, 4.69) is 15.7 Å². The molecule has 0 saturated heterocycles. The molecule has 2 aliphatic rings. The van der Waals surface area contributed by atoms with Crippen molar-refractivity contribution >= 4 is 22.7 Å². The van der Waals surface area contributed by atoms with E-state index >= 15 is 0 Å². The van der Waals surface area contributed by atoms with Crippen LogP contribution in [-0.4, -0.2) is 46.2 Å². The number of fused-ring (bicyclic) bond motifs is 2. The highest BCUT2D eigenvalue weighted by Crippen LogP contribution is 2.33. The van der Waals surface area contributed by atoms with Crippen molar-refractivity contribution in [2.75, 3.05) is 6.61 Å². The minimum Gasteiger partial charge on any atom is -0.484 e. The van der Waals surface area contributed by atoms with Crippen molar-refractivity contribution in [2.45, 2.75) is 70.1 Å². The van der Waals surface area contributed by atoms with Gasteiger partial charge >= 0.3 is 5.92 Å². The van der Waals surface area contributed by atoms with Gasteiger partial charge in [0.1, 0.15) is 11.9 Å². The molecular weight excluding hydrogens is 570 g/mol. The van der Waals surface area contributed by atoms with E-state index in [0.717, 1.165) is 47.8 Å². The lowest BCUT2D eigenvalue weighted by Gasteiger charge is -2.28. The fourth-order valence-corrected chi connectivity index (χ4v) is 5.73. The fraction of sp³-hybridized carbons (Fsp3) is 0.364. The van der Waals surface area contributed by atoms with E-state index in [1.54, 1.807) is 48.1 Å². The lowest BCUT2D eigenvalue weighted by atomic mass is 9.98. The molecule has 2 heterocycles. The number of nitrogens with zero attached hydrogens (tertiary/aromatic N) is 2. The van der Waals surface area contributed by atoms with Crippen LogP contribution in [0.25, 0.3) is 16.6 Å². The first-order valence-corrected chi connectivity index (χ1v) is 14.8. The Kier molecular flexibility index (Phi) is 8.22. The first-order chi connectivity index (χ1) is 21.2. The molecule has 2 atom stereocenters. The standard InChI is InChI=1S/C33H34F2N4O5/c1-20(37-32(41)33(2,34)35)30(22-10-13-29-21(16-22)14-15-42-44-29)43-27-11-12-28-24(18-27)19-36-39(28)26-9-5-6-23(17-26)31(40)38-25-7-3-4-8-25/h5-6,9-13,16-20,25,30H,3-4,7-8,14-15H2,1-2H3,(H,37,41)(H,38,40)/t20-,30+/m0/s1. The summed E-state index contributed by atoms with van der Waals surface area (Å²) in [6.07, 6.45) is 5.80. The summed E-state index contributed by atoms with van der Waals surface area (Å²) in [4.78, 5) is 35.3. The van der Waals surface area contributed by atoms with E-state index in [4.69, 9.17) is 14.5 Å². The van der Waals surface area contributed by atoms with Crippen LogP contribution in [0.15, 0.2) is 66.9 Å². The van der Waals surface area contributed by atoms with E-state index in [1.807, 2.05) is 30.3 Å². The topological polar surface area (TPSA) is 104 Å². The minimum absolute atomic E-state index is 0.0970. The van der Waals surface area contributed by atoms with Gasteiger partial charge in [0.15, 0.2) is 5.75 Å². The van der Waals surface area contributed by atoms with Crippen LogP contribution in [0, 0.1) is 0 Å². The van der Waals surface area contributed by atoms with E-state index in [0.29, 0.717) is 42.6 Å². The van der Waals surface area contributed by atoms with Gasteiger partial charge in [-0.3, -0.25) is 9.59 Å². The molecule has 1 saturated carbocycles. The summed E-state index contributed by atoms with van der Waals surface area (Å²) in [6, 6.07) is 17.5. The van der Waals surface area contributed by atoms with Gasteiger partial charge in [-0.1, -0.05) is 25.0 Å². The van der Waals surface area contributed by atoms with E-state index in [9.17, 15) is 18.4 Å². The van der Waals surface area contributed by atoms with Gasteiger partial charge in [-0.15, -0.1) is 0 Å². The summed E-state index contributed by atoms with van der Waals surface area (Å²) in [6.45, 7) is 2.56. The Morgan fingerprint density at radius 3 is 2.70 bits per heavy atom. The van der Waals surface area contributed by atoms with Gasteiger partial charge < -0.3 is 20.3 Å². The zero-order chi connectivity index (χ0) is 30.8. The van der Waals surface area contributed by atoms with E-state index in [1.165, 1.54) is 0 Å². The Hall–Kier alpha value is -4.51. The maximum atomic E-state index is 13.8. The number of carbonyl (C=O) groups is 2. The second-order valence-electron chi connectivity index (χ2n) is 11.5. The Bertz CT molecular complexity index is 1680. The largest absolute Gasteiger partial charge is 0.484 e. The van der Waals surface area contributed by atoms with Crippen molar-refractivity contribution in [1.29, 1.82) is 0 Å². The number of hydrogen-bond acceptors (Lipinski definition) is 6. The molecule has 9 nitrogen and oxygen atoms in total. The van der Waals surface area contributed by atoms with Crippen LogP contribution in [0.1, 0.15) is 67.1 Å². The number of amides is 2. The van der Waals surface area contributed by atoms with Crippen molar-refractivity contribution in [3.63, 3.8) is 0 Å². The molecule has 1 aliphatic heterocycles. The second-order valence-corrected chi connectivity index (χ2v) is 11.5. The number of rotatable bonds is 9. The molecule has 4 aromatic rings. The van der Waals surface area contributed by atoms with E-state index < -0.39 is 24.0 Å². The number of halogens is 2. The third kappa shape index (κ3) is 6.37. The fourth-order valence-electron chi connectivity index (χ4n) is 5.73. The van der Waals surface area contributed by atoms with Crippen molar-refractivity contribution in [2.24, 2.45) is 0 Å². The molecule has 0 radical (unpaired) electrons. The zero-order valence-corrected chi connectivity index (χ0v) is 24.5. The number of nitrogens with one attached hydrogen (secondary N) is 2. The summed E-state index contributed by atoms with van der Waals surface area (Å²) in [5.41, 5.74) is 3.67. The Morgan fingerprint density at radius 2 is 1.91 bits per heavy atom. The molecule has 230 valence electrons. The molecule has 2 N–H and O–H groups in total. The highest BCUT2D eigenvalue weighted by Gasteiger charge is 2.35. The van der Waals surface area contributed by atoms with Gasteiger partial charge in [-0.25, -0.2) is 4.68 Å². The van der Waals surface area contributed by atoms with Gasteiger partial charge in [0.05, 0.1) is 30.0 Å². The monoisotopic (exact) mass is 604 g/mol. The highest BCUT2D eigenvalue weighted by molar-refractivity contribution is 5.95. The molecule has 6 rings (SSSR count). The Morgan fingerprint density at radius 1 is 1.09 bits per heavy atom. The number of ether oxygens (including phenoxy) is 1. The quantitative estimate of drug-likeness (QED) is 0.233. The average molecular weight is 605 g/mol. The van der Waals surface area contributed by atoms with Crippen molar-refractivity contribution in [3.05, 3.63) is 83.6 Å². The van der Waals surface area contributed by atoms with Crippen LogP contribution in [-0.2, 0) is 16.1 Å². The van der Waals surface area contributed by atoms with Gasteiger partial charge in [0.2, 0.25) is 0 Å². The summed E-state index contributed by atoms with van der Waals surface area (Å²) >= 11 is 0. The molecule has 2 amide bonds. The number of hydrogen-bond donors (Lipinski definition) is 2. The van der Waals surface area contributed by atoms with Gasteiger partial charge in [-0.05, 0) is 73.9 Å². The Labute approximate surface area is 253 Å². The molecule has 1 fully saturated rings. The van der Waals surface area contributed by atoms with Crippen molar-refractivity contribution in [3.8, 4) is 17.2 Å². The molecule has 0 bridgehead atoms. The summed E-state index contributed by atoms with van der Waals surface area (Å²) in [5, 5.41) is 10.9. The minimum atomic E-state index is -3.54. The van der Waals surface area contributed by atoms with Crippen LogP contribution in [0.2, 0.25) is 0 Å². The highest BCUT2D eigenvalue weighted by atomic mass is 19.3. The average Bonchev–Trinajstić information content (AvgIpc) is 3.69. The molecule has 1 aliphatic carbocycles. The first kappa shape index (κ1) is 29.6. The second kappa shape index (κ2) is 12.2. The lowest BCUT2D eigenvalue weighted by molar-refractivity contribution is -0.215. The maximum absolute atomic E-state index is 13.8. The van der Waals surface area contributed by atoms with Crippen LogP contribution in [0.5, 0.6) is 11.5 Å². The smallest absolute Gasteiger partial charge is 0.321 e. The van der Waals surface area contributed by atoms with Crippen molar-refractivity contribution < 1.29 is 32.9 Å².